The molecule has 0 unspecified atom stereocenters. The van der Waals surface area contributed by atoms with Gasteiger partial charge < -0.3 is 24.1 Å². The zero-order valence-electron chi connectivity index (χ0n) is 20.4. The van der Waals surface area contributed by atoms with Crippen LogP contribution in [0.15, 0.2) is 54.6 Å². The summed E-state index contributed by atoms with van der Waals surface area (Å²) in [6.07, 6.45) is 0.116. The number of hydrogen-bond acceptors (Lipinski definition) is 7. The van der Waals surface area contributed by atoms with Crippen LogP contribution < -0.4 is 9.47 Å². The van der Waals surface area contributed by atoms with E-state index in [4.69, 9.17) is 24.0 Å². The number of methoxy groups -OCH3 is 3. The van der Waals surface area contributed by atoms with Crippen LogP contribution in [0.3, 0.4) is 0 Å². The van der Waals surface area contributed by atoms with E-state index in [1.165, 1.54) is 0 Å². The zero-order valence-corrected chi connectivity index (χ0v) is 20.4. The molecule has 34 heavy (non-hydrogen) atoms. The molecule has 0 saturated heterocycles. The standard InChI is InChI=1S/C26H35N3O5/c1-5-23-22(18-28(15-16-31-2)17-21(30)19-32-3)26(29(27-23)20-11-7-6-8-12-20)34-25-14-10-9-13-24(25)33-4/h6-14,21,30H,5,15-19H2,1-4H3/t21-/m1/s1. The summed E-state index contributed by atoms with van der Waals surface area (Å²) in [7, 11) is 4.88. The lowest BCUT2D eigenvalue weighted by Gasteiger charge is -2.25. The monoisotopic (exact) mass is 469 g/mol. The lowest BCUT2D eigenvalue weighted by Crippen LogP contribution is -2.36. The van der Waals surface area contributed by atoms with Crippen molar-refractivity contribution in [3.05, 3.63) is 65.9 Å². The largest absolute Gasteiger partial charge is 0.493 e. The fourth-order valence-electron chi connectivity index (χ4n) is 3.80. The Kier molecular flexibility index (Phi) is 9.90. The molecule has 0 saturated carbocycles. The summed E-state index contributed by atoms with van der Waals surface area (Å²) in [4.78, 5) is 2.13. The first-order chi connectivity index (χ1) is 16.6. The minimum Gasteiger partial charge on any atom is -0.493 e. The number of aromatic nitrogens is 2. The molecule has 0 radical (unpaired) electrons. The molecule has 3 aromatic rings. The van der Waals surface area contributed by atoms with Gasteiger partial charge in [-0.15, -0.1) is 0 Å². The molecule has 8 nitrogen and oxygen atoms in total. The van der Waals surface area contributed by atoms with Crippen LogP contribution in [0.25, 0.3) is 5.69 Å². The number of rotatable bonds is 14. The Morgan fingerprint density at radius 2 is 1.68 bits per heavy atom. The van der Waals surface area contributed by atoms with Gasteiger partial charge in [0.15, 0.2) is 11.5 Å². The van der Waals surface area contributed by atoms with Gasteiger partial charge in [0.25, 0.3) is 0 Å². The first-order valence-corrected chi connectivity index (χ1v) is 11.5. The number of aliphatic hydroxyl groups is 1. The molecule has 184 valence electrons. The summed E-state index contributed by atoms with van der Waals surface area (Å²) in [5.41, 5.74) is 2.78. The van der Waals surface area contributed by atoms with E-state index in [-0.39, 0.29) is 6.61 Å². The van der Waals surface area contributed by atoms with E-state index in [1.807, 2.05) is 59.3 Å². The van der Waals surface area contributed by atoms with Crippen molar-refractivity contribution in [1.29, 1.82) is 0 Å². The van der Waals surface area contributed by atoms with Gasteiger partial charge in [-0.3, -0.25) is 4.90 Å². The summed E-state index contributed by atoms with van der Waals surface area (Å²) in [5, 5.41) is 15.3. The highest BCUT2D eigenvalue weighted by Crippen LogP contribution is 2.36. The number of ether oxygens (including phenoxy) is 4. The molecule has 3 rings (SSSR count). The molecule has 0 aliphatic heterocycles. The molecular weight excluding hydrogens is 434 g/mol. The van der Waals surface area contributed by atoms with Crippen molar-refractivity contribution in [3.63, 3.8) is 0 Å². The predicted octanol–water partition coefficient (Wildman–Crippen LogP) is 3.69. The second-order valence-corrected chi connectivity index (χ2v) is 7.92. The predicted molar refractivity (Wildman–Crippen MR) is 131 cm³/mol. The van der Waals surface area contributed by atoms with Crippen molar-refractivity contribution in [1.82, 2.24) is 14.7 Å². The van der Waals surface area contributed by atoms with E-state index >= 15 is 0 Å². The maximum atomic E-state index is 10.4. The highest BCUT2D eigenvalue weighted by Gasteiger charge is 2.24. The van der Waals surface area contributed by atoms with Gasteiger partial charge in [0, 0.05) is 33.9 Å². The van der Waals surface area contributed by atoms with Crippen molar-refractivity contribution in [2.24, 2.45) is 0 Å². The normalized spacial score (nSPS) is 12.2. The van der Waals surface area contributed by atoms with Crippen molar-refractivity contribution in [2.45, 2.75) is 26.0 Å². The Bertz CT molecular complexity index is 1010. The summed E-state index contributed by atoms with van der Waals surface area (Å²) in [6, 6.07) is 17.5. The average Bonchev–Trinajstić information content (AvgIpc) is 3.20. The van der Waals surface area contributed by atoms with Crippen LogP contribution in [0.4, 0.5) is 0 Å². The zero-order chi connectivity index (χ0) is 24.3. The molecule has 0 amide bonds. The van der Waals surface area contributed by atoms with Crippen molar-refractivity contribution in [3.8, 4) is 23.1 Å². The Labute approximate surface area is 201 Å². The molecule has 2 aromatic carbocycles. The summed E-state index contributed by atoms with van der Waals surface area (Å²) in [5.74, 6) is 1.86. The number of para-hydroxylation sites is 3. The van der Waals surface area contributed by atoms with Crippen LogP contribution in [0.5, 0.6) is 17.4 Å². The van der Waals surface area contributed by atoms with E-state index in [9.17, 15) is 5.11 Å². The van der Waals surface area contributed by atoms with Crippen LogP contribution in [-0.2, 0) is 22.4 Å². The molecule has 8 heteroatoms. The third kappa shape index (κ3) is 6.57. The maximum absolute atomic E-state index is 10.4. The highest BCUT2D eigenvalue weighted by atomic mass is 16.5. The molecule has 0 aliphatic carbocycles. The van der Waals surface area contributed by atoms with Gasteiger partial charge >= 0.3 is 0 Å². The van der Waals surface area contributed by atoms with Crippen LogP contribution in [0.2, 0.25) is 0 Å². The second kappa shape index (κ2) is 13.1. The molecule has 1 aromatic heterocycles. The van der Waals surface area contributed by atoms with E-state index in [0.717, 1.165) is 23.4 Å². The fraction of sp³-hybridized carbons (Fsp3) is 0.423. The number of aryl methyl sites for hydroxylation is 1. The topological polar surface area (TPSA) is 78.2 Å². The quantitative estimate of drug-likeness (QED) is 0.386. The number of hydrogen-bond donors (Lipinski definition) is 1. The van der Waals surface area contributed by atoms with E-state index < -0.39 is 6.10 Å². The number of nitrogens with zero attached hydrogens (tertiary/aromatic N) is 3. The molecule has 1 heterocycles. The van der Waals surface area contributed by atoms with Crippen LogP contribution in [0, 0.1) is 0 Å². The molecule has 1 atom stereocenters. The van der Waals surface area contributed by atoms with E-state index in [0.29, 0.717) is 43.6 Å². The Morgan fingerprint density at radius 1 is 0.971 bits per heavy atom. The van der Waals surface area contributed by atoms with Crippen LogP contribution in [-0.4, -0.2) is 73.5 Å². The second-order valence-electron chi connectivity index (χ2n) is 7.92. The lowest BCUT2D eigenvalue weighted by molar-refractivity contribution is 0.0291. The maximum Gasteiger partial charge on any atom is 0.227 e. The van der Waals surface area contributed by atoms with Crippen LogP contribution >= 0.6 is 0 Å². The van der Waals surface area contributed by atoms with Crippen LogP contribution in [0.1, 0.15) is 18.2 Å². The Morgan fingerprint density at radius 3 is 2.32 bits per heavy atom. The van der Waals surface area contributed by atoms with E-state index in [2.05, 4.69) is 11.8 Å². The van der Waals surface area contributed by atoms with Gasteiger partial charge in [-0.1, -0.05) is 37.3 Å². The van der Waals surface area contributed by atoms with Gasteiger partial charge in [-0.2, -0.15) is 5.10 Å². The molecule has 0 fully saturated rings. The average molecular weight is 470 g/mol. The number of aliphatic hydroxyl groups excluding tert-OH is 1. The Hall–Kier alpha value is -2.91. The minimum absolute atomic E-state index is 0.262. The van der Waals surface area contributed by atoms with Crippen molar-refractivity contribution in [2.75, 3.05) is 47.6 Å². The first-order valence-electron chi connectivity index (χ1n) is 11.5. The molecule has 0 spiro atoms. The van der Waals surface area contributed by atoms with Gasteiger partial charge in [-0.05, 0) is 30.7 Å². The highest BCUT2D eigenvalue weighted by molar-refractivity contribution is 5.47. The van der Waals surface area contributed by atoms with Gasteiger partial charge in [0.05, 0.1) is 43.4 Å². The third-order valence-corrected chi connectivity index (χ3v) is 5.45. The smallest absolute Gasteiger partial charge is 0.227 e. The Balaban J connectivity index is 2.05. The molecule has 0 aliphatic rings. The van der Waals surface area contributed by atoms with Gasteiger partial charge in [-0.25, -0.2) is 4.68 Å². The SMILES string of the molecule is CCc1nn(-c2ccccc2)c(Oc2ccccc2OC)c1CN(CCOC)C[C@@H](O)COC. The first kappa shape index (κ1) is 25.7. The fourth-order valence-corrected chi connectivity index (χ4v) is 3.80. The van der Waals surface area contributed by atoms with Gasteiger partial charge in [0.1, 0.15) is 0 Å². The van der Waals surface area contributed by atoms with E-state index in [1.54, 1.807) is 21.3 Å². The molecule has 0 bridgehead atoms. The minimum atomic E-state index is -0.616. The summed E-state index contributed by atoms with van der Waals surface area (Å²) in [6.45, 7) is 4.49. The molecule has 1 N–H and O–H groups in total. The van der Waals surface area contributed by atoms with Gasteiger partial charge in [0.2, 0.25) is 5.88 Å². The number of benzene rings is 2. The lowest BCUT2D eigenvalue weighted by atomic mass is 10.1. The van der Waals surface area contributed by atoms with Crippen molar-refractivity contribution < 1.29 is 24.1 Å². The molecular formula is C26H35N3O5. The third-order valence-electron chi connectivity index (χ3n) is 5.45. The summed E-state index contributed by atoms with van der Waals surface area (Å²) < 4.78 is 24.3. The summed E-state index contributed by atoms with van der Waals surface area (Å²) >= 11 is 0. The van der Waals surface area contributed by atoms with Crippen molar-refractivity contribution >= 4 is 0 Å².